The molecule has 0 heterocycles. The Kier molecular flexibility index (Phi) is 10.8. The van der Waals surface area contributed by atoms with E-state index >= 15 is 0 Å². The molecule has 0 aromatic heterocycles. The fourth-order valence-electron chi connectivity index (χ4n) is 2.65. The van der Waals surface area contributed by atoms with Crippen molar-refractivity contribution in [3.05, 3.63) is 47.5 Å². The molecule has 0 aliphatic heterocycles. The van der Waals surface area contributed by atoms with Crippen LogP contribution < -0.4 is 24.8 Å². The third-order valence-corrected chi connectivity index (χ3v) is 4.08. The number of aliphatic imine (C=N–C) groups is 1. The van der Waals surface area contributed by atoms with Crippen LogP contribution in [-0.2, 0) is 11.3 Å². The Morgan fingerprint density at radius 3 is 2.33 bits per heavy atom. The van der Waals surface area contributed by atoms with E-state index in [2.05, 4.69) is 15.6 Å². The normalized spacial score (nSPS) is 10.5. The van der Waals surface area contributed by atoms with Gasteiger partial charge in [0.25, 0.3) is 0 Å². The maximum absolute atomic E-state index is 11.8. The maximum Gasteiger partial charge on any atom is 0.341 e. The number of rotatable bonds is 8. The molecule has 30 heavy (non-hydrogen) atoms. The third-order valence-electron chi connectivity index (χ3n) is 4.08. The van der Waals surface area contributed by atoms with E-state index in [0.29, 0.717) is 41.9 Å². The highest BCUT2D eigenvalue weighted by Gasteiger charge is 2.13. The average Bonchev–Trinajstić information content (AvgIpc) is 2.76. The predicted molar refractivity (Wildman–Crippen MR) is 128 cm³/mol. The standard InChI is InChI=1S/C21H27N3O5.HI/c1-6-29-19-12-15(8-10-17(19)26-3)24-21(22-2)23-13-14-7-9-16(20(25)28-5)18(11-14)27-4;/h7-12H,6,13H2,1-5H3,(H2,22,23,24);1H. The molecule has 9 heteroatoms. The lowest BCUT2D eigenvalue weighted by Crippen LogP contribution is -2.30. The van der Waals surface area contributed by atoms with Crippen molar-refractivity contribution in [2.75, 3.05) is 40.3 Å². The fraction of sp³-hybridized carbons (Fsp3) is 0.333. The van der Waals surface area contributed by atoms with Crippen molar-refractivity contribution < 1.29 is 23.7 Å². The van der Waals surface area contributed by atoms with Crippen molar-refractivity contribution in [3.8, 4) is 17.2 Å². The first kappa shape index (κ1) is 25.3. The SMILES string of the molecule is CCOc1cc(NC(=NC)NCc2ccc(C(=O)OC)c(OC)c2)ccc1OC.I. The molecule has 0 spiro atoms. The summed E-state index contributed by atoms with van der Waals surface area (Å²) >= 11 is 0. The first-order valence-electron chi connectivity index (χ1n) is 9.10. The molecule has 0 unspecified atom stereocenters. The number of halogens is 1. The third kappa shape index (κ3) is 6.68. The van der Waals surface area contributed by atoms with Gasteiger partial charge in [0.05, 0.1) is 27.9 Å². The number of hydrogen-bond donors (Lipinski definition) is 2. The van der Waals surface area contributed by atoms with Gasteiger partial charge in [-0.15, -0.1) is 24.0 Å². The highest BCUT2D eigenvalue weighted by atomic mass is 127. The number of carbonyl (C=O) groups is 1. The summed E-state index contributed by atoms with van der Waals surface area (Å²) in [6.45, 7) is 2.93. The number of guanidine groups is 1. The predicted octanol–water partition coefficient (Wildman–Crippen LogP) is 3.69. The highest BCUT2D eigenvalue weighted by molar-refractivity contribution is 14.0. The largest absolute Gasteiger partial charge is 0.496 e. The van der Waals surface area contributed by atoms with Crippen molar-refractivity contribution in [2.45, 2.75) is 13.5 Å². The molecule has 0 atom stereocenters. The summed E-state index contributed by atoms with van der Waals surface area (Å²) in [5.74, 6) is 1.91. The van der Waals surface area contributed by atoms with Crippen LogP contribution in [0.2, 0.25) is 0 Å². The Bertz CT molecular complexity index is 874. The van der Waals surface area contributed by atoms with Crippen molar-refractivity contribution in [1.29, 1.82) is 0 Å². The minimum atomic E-state index is -0.441. The van der Waals surface area contributed by atoms with Crippen LogP contribution in [0.1, 0.15) is 22.8 Å². The van der Waals surface area contributed by atoms with Crippen LogP contribution in [0, 0.1) is 0 Å². The first-order valence-corrected chi connectivity index (χ1v) is 9.10. The number of esters is 1. The molecule has 2 rings (SSSR count). The molecule has 164 valence electrons. The smallest absolute Gasteiger partial charge is 0.341 e. The quantitative estimate of drug-likeness (QED) is 0.233. The van der Waals surface area contributed by atoms with Crippen LogP contribution >= 0.6 is 24.0 Å². The van der Waals surface area contributed by atoms with Crippen molar-refractivity contribution in [1.82, 2.24) is 5.32 Å². The van der Waals surface area contributed by atoms with Gasteiger partial charge >= 0.3 is 5.97 Å². The zero-order valence-corrected chi connectivity index (χ0v) is 20.1. The number of nitrogens with zero attached hydrogens (tertiary/aromatic N) is 1. The van der Waals surface area contributed by atoms with Crippen LogP contribution in [0.25, 0.3) is 0 Å². The monoisotopic (exact) mass is 529 g/mol. The van der Waals surface area contributed by atoms with Crippen molar-refractivity contribution in [2.24, 2.45) is 4.99 Å². The molecule has 2 aromatic rings. The summed E-state index contributed by atoms with van der Waals surface area (Å²) in [6.07, 6.45) is 0. The van der Waals surface area contributed by atoms with E-state index in [1.807, 2.05) is 31.2 Å². The molecule has 0 saturated heterocycles. The highest BCUT2D eigenvalue weighted by Crippen LogP contribution is 2.30. The average molecular weight is 529 g/mol. The second-order valence-electron chi connectivity index (χ2n) is 5.88. The number of carbonyl (C=O) groups excluding carboxylic acids is 1. The number of hydrogen-bond acceptors (Lipinski definition) is 6. The van der Waals surface area contributed by atoms with E-state index < -0.39 is 5.97 Å². The van der Waals surface area contributed by atoms with Gasteiger partial charge in [-0.25, -0.2) is 4.79 Å². The zero-order valence-electron chi connectivity index (χ0n) is 17.8. The number of anilines is 1. The summed E-state index contributed by atoms with van der Waals surface area (Å²) in [5.41, 5.74) is 2.10. The van der Waals surface area contributed by atoms with Gasteiger partial charge in [0.1, 0.15) is 11.3 Å². The van der Waals surface area contributed by atoms with E-state index in [-0.39, 0.29) is 24.0 Å². The van der Waals surface area contributed by atoms with Gasteiger partial charge in [0, 0.05) is 25.3 Å². The van der Waals surface area contributed by atoms with Gasteiger partial charge in [0.15, 0.2) is 17.5 Å². The van der Waals surface area contributed by atoms with Crippen LogP contribution in [0.3, 0.4) is 0 Å². The van der Waals surface area contributed by atoms with Gasteiger partial charge in [-0.2, -0.15) is 0 Å². The maximum atomic E-state index is 11.8. The second kappa shape index (κ2) is 12.8. The van der Waals surface area contributed by atoms with Gasteiger partial charge < -0.3 is 29.6 Å². The number of nitrogens with one attached hydrogen (secondary N) is 2. The van der Waals surface area contributed by atoms with E-state index in [1.54, 1.807) is 26.3 Å². The topological polar surface area (TPSA) is 90.4 Å². The molecule has 0 aliphatic carbocycles. The summed E-state index contributed by atoms with van der Waals surface area (Å²) in [4.78, 5) is 16.0. The lowest BCUT2D eigenvalue weighted by molar-refractivity contribution is 0.0597. The number of benzene rings is 2. The fourth-order valence-corrected chi connectivity index (χ4v) is 2.65. The Balaban J connectivity index is 0.00000450. The Morgan fingerprint density at radius 2 is 1.73 bits per heavy atom. The van der Waals surface area contributed by atoms with Crippen LogP contribution in [-0.4, -0.2) is 46.9 Å². The molecule has 0 radical (unpaired) electrons. The molecule has 2 N–H and O–H groups in total. The molecular weight excluding hydrogens is 501 g/mol. The molecule has 8 nitrogen and oxygen atoms in total. The van der Waals surface area contributed by atoms with Gasteiger partial charge in [-0.3, -0.25) is 4.99 Å². The summed E-state index contributed by atoms with van der Waals surface area (Å²) in [6, 6.07) is 10.8. The van der Waals surface area contributed by atoms with Crippen LogP contribution in [0.5, 0.6) is 17.2 Å². The van der Waals surface area contributed by atoms with Crippen LogP contribution in [0.4, 0.5) is 5.69 Å². The lowest BCUT2D eigenvalue weighted by atomic mass is 10.1. The molecule has 0 amide bonds. The Hall–Kier alpha value is -2.69. The molecule has 0 bridgehead atoms. The lowest BCUT2D eigenvalue weighted by Gasteiger charge is -2.15. The van der Waals surface area contributed by atoms with Crippen LogP contribution in [0.15, 0.2) is 41.4 Å². The summed E-state index contributed by atoms with van der Waals surface area (Å²) in [7, 11) is 6.14. The minimum absolute atomic E-state index is 0. The number of methoxy groups -OCH3 is 3. The van der Waals surface area contributed by atoms with E-state index in [9.17, 15) is 4.79 Å². The zero-order chi connectivity index (χ0) is 21.2. The minimum Gasteiger partial charge on any atom is -0.496 e. The van der Waals surface area contributed by atoms with E-state index in [1.165, 1.54) is 14.2 Å². The number of ether oxygens (including phenoxy) is 4. The molecular formula is C21H28IN3O5. The Morgan fingerprint density at radius 1 is 1.00 bits per heavy atom. The van der Waals surface area contributed by atoms with E-state index in [4.69, 9.17) is 18.9 Å². The van der Waals surface area contributed by atoms with Gasteiger partial charge in [-0.05, 0) is 36.8 Å². The summed E-state index contributed by atoms with van der Waals surface area (Å²) < 4.78 is 21.0. The van der Waals surface area contributed by atoms with Crippen molar-refractivity contribution >= 4 is 41.6 Å². The molecule has 0 saturated carbocycles. The molecule has 0 aliphatic rings. The summed E-state index contributed by atoms with van der Waals surface area (Å²) in [5, 5.41) is 6.44. The molecule has 0 fully saturated rings. The molecule has 2 aromatic carbocycles. The first-order chi connectivity index (χ1) is 14.1. The Labute approximate surface area is 194 Å². The van der Waals surface area contributed by atoms with Gasteiger partial charge in [0.2, 0.25) is 0 Å². The second-order valence-corrected chi connectivity index (χ2v) is 5.88. The van der Waals surface area contributed by atoms with Crippen molar-refractivity contribution in [3.63, 3.8) is 0 Å². The van der Waals surface area contributed by atoms with E-state index in [0.717, 1.165) is 11.3 Å². The van der Waals surface area contributed by atoms with Gasteiger partial charge in [-0.1, -0.05) is 6.07 Å².